The van der Waals surface area contributed by atoms with Gasteiger partial charge in [0.05, 0.1) is 25.9 Å². The van der Waals surface area contributed by atoms with Crippen LogP contribution in [-0.4, -0.2) is 54.8 Å². The third-order valence-corrected chi connectivity index (χ3v) is 3.48. The van der Waals surface area contributed by atoms with Gasteiger partial charge in [0.2, 0.25) is 5.91 Å². The quantitative estimate of drug-likeness (QED) is 0.809. The fourth-order valence-corrected chi connectivity index (χ4v) is 2.31. The minimum Gasteiger partial charge on any atom is -0.389 e. The average molecular weight is 299 g/mol. The van der Waals surface area contributed by atoms with Crippen molar-refractivity contribution in [1.82, 2.24) is 10.2 Å². The number of hydrogen-bond acceptors (Lipinski definition) is 4. The van der Waals surface area contributed by atoms with Gasteiger partial charge >= 0.3 is 0 Å². The lowest BCUT2D eigenvalue weighted by molar-refractivity contribution is -0.124. The molecule has 1 saturated heterocycles. The number of carbonyl (C=O) groups is 1. The number of piperazine rings is 1. The van der Waals surface area contributed by atoms with Gasteiger partial charge in [0.1, 0.15) is 0 Å². The zero-order chi connectivity index (χ0) is 14.4. The second-order valence-corrected chi connectivity index (χ2v) is 5.25. The van der Waals surface area contributed by atoms with Crippen LogP contribution >= 0.6 is 11.6 Å². The van der Waals surface area contributed by atoms with Crippen LogP contribution < -0.4 is 5.32 Å². The number of nitrogens with one attached hydrogen (secondary N) is 1. The highest BCUT2D eigenvalue weighted by Gasteiger charge is 2.18. The highest BCUT2D eigenvalue weighted by molar-refractivity contribution is 6.31. The van der Waals surface area contributed by atoms with Crippen LogP contribution in [0.25, 0.3) is 0 Å². The van der Waals surface area contributed by atoms with Gasteiger partial charge in [-0.05, 0) is 11.6 Å². The summed E-state index contributed by atoms with van der Waals surface area (Å²) in [4.78, 5) is 13.1. The molecular formula is C14H19ClN2O3. The molecule has 1 aliphatic rings. The van der Waals surface area contributed by atoms with E-state index in [0.29, 0.717) is 31.3 Å². The molecule has 0 radical (unpaired) electrons. The molecule has 5 nitrogen and oxygen atoms in total. The first-order valence-electron chi connectivity index (χ1n) is 6.63. The molecule has 0 aromatic heterocycles. The summed E-state index contributed by atoms with van der Waals surface area (Å²) in [6, 6.07) is 7.46. The smallest absolute Gasteiger partial charge is 0.234 e. The Labute approximate surface area is 123 Å². The number of aliphatic hydroxyl groups is 1. The second-order valence-electron chi connectivity index (χ2n) is 4.85. The van der Waals surface area contributed by atoms with E-state index in [-0.39, 0.29) is 12.5 Å². The molecule has 1 amide bonds. The minimum atomic E-state index is -0.608. The first kappa shape index (κ1) is 15.3. The molecule has 0 spiro atoms. The van der Waals surface area contributed by atoms with Crippen molar-refractivity contribution in [1.29, 1.82) is 0 Å². The molecule has 1 aromatic rings. The Morgan fingerprint density at radius 1 is 1.45 bits per heavy atom. The van der Waals surface area contributed by atoms with Crippen molar-refractivity contribution in [3.63, 3.8) is 0 Å². The summed E-state index contributed by atoms with van der Waals surface area (Å²) in [5.41, 5.74) is 0.902. The van der Waals surface area contributed by atoms with Crippen molar-refractivity contribution in [3.8, 4) is 0 Å². The zero-order valence-electron chi connectivity index (χ0n) is 11.2. The maximum Gasteiger partial charge on any atom is 0.234 e. The Morgan fingerprint density at radius 3 is 3.00 bits per heavy atom. The van der Waals surface area contributed by atoms with Crippen molar-refractivity contribution >= 4 is 17.5 Å². The first-order chi connectivity index (χ1) is 9.65. The number of aliphatic hydroxyl groups excluding tert-OH is 1. The van der Waals surface area contributed by atoms with Gasteiger partial charge in [-0.3, -0.25) is 9.69 Å². The van der Waals surface area contributed by atoms with E-state index in [0.717, 1.165) is 12.1 Å². The van der Waals surface area contributed by atoms with E-state index in [2.05, 4.69) is 5.32 Å². The highest BCUT2D eigenvalue weighted by Crippen LogP contribution is 2.15. The highest BCUT2D eigenvalue weighted by atomic mass is 35.5. The van der Waals surface area contributed by atoms with Gasteiger partial charge in [0.15, 0.2) is 0 Å². The predicted octanol–water partition coefficient (Wildman–Crippen LogP) is 0.649. The zero-order valence-corrected chi connectivity index (χ0v) is 12.0. The Kier molecular flexibility index (Phi) is 5.79. The third kappa shape index (κ3) is 4.76. The molecular weight excluding hydrogens is 280 g/mol. The molecule has 1 aromatic carbocycles. The fourth-order valence-electron chi connectivity index (χ4n) is 2.12. The number of benzene rings is 1. The monoisotopic (exact) mass is 298 g/mol. The number of rotatable bonds is 6. The van der Waals surface area contributed by atoms with Crippen LogP contribution in [0.1, 0.15) is 5.56 Å². The molecule has 1 atom stereocenters. The van der Waals surface area contributed by atoms with Crippen LogP contribution in [0.2, 0.25) is 5.02 Å². The Morgan fingerprint density at radius 2 is 2.25 bits per heavy atom. The SMILES string of the molecule is O=C1CN(CC(O)COCc2ccccc2Cl)CCN1. The summed E-state index contributed by atoms with van der Waals surface area (Å²) in [6.45, 7) is 2.76. The number of β-amino-alcohol motifs (C(OH)–C–C–N with tert-alkyl or cyclic N) is 1. The van der Waals surface area contributed by atoms with E-state index in [1.54, 1.807) is 0 Å². The number of halogens is 1. The molecule has 0 aliphatic carbocycles. The average Bonchev–Trinajstić information content (AvgIpc) is 2.41. The van der Waals surface area contributed by atoms with Gasteiger partial charge in [-0.25, -0.2) is 0 Å². The molecule has 6 heteroatoms. The van der Waals surface area contributed by atoms with Crippen molar-refractivity contribution in [3.05, 3.63) is 34.9 Å². The Balaban J connectivity index is 1.68. The lowest BCUT2D eigenvalue weighted by Crippen LogP contribution is -2.50. The van der Waals surface area contributed by atoms with Crippen LogP contribution in [0.3, 0.4) is 0 Å². The molecule has 2 N–H and O–H groups in total. The Bertz CT molecular complexity index is 456. The largest absolute Gasteiger partial charge is 0.389 e. The maximum atomic E-state index is 11.2. The van der Waals surface area contributed by atoms with E-state index < -0.39 is 6.10 Å². The van der Waals surface area contributed by atoms with Gasteiger partial charge in [0, 0.05) is 24.7 Å². The van der Waals surface area contributed by atoms with Crippen LogP contribution in [0.15, 0.2) is 24.3 Å². The van der Waals surface area contributed by atoms with Gasteiger partial charge in [0.25, 0.3) is 0 Å². The number of nitrogens with zero attached hydrogens (tertiary/aromatic N) is 1. The van der Waals surface area contributed by atoms with Gasteiger partial charge in [-0.15, -0.1) is 0 Å². The second kappa shape index (κ2) is 7.59. The molecule has 2 rings (SSSR count). The van der Waals surface area contributed by atoms with Crippen molar-refractivity contribution in [2.24, 2.45) is 0 Å². The third-order valence-electron chi connectivity index (χ3n) is 3.11. The molecule has 1 heterocycles. The molecule has 0 saturated carbocycles. The summed E-state index contributed by atoms with van der Waals surface area (Å²) in [5, 5.41) is 13.3. The minimum absolute atomic E-state index is 0.000403. The lowest BCUT2D eigenvalue weighted by Gasteiger charge is -2.28. The van der Waals surface area contributed by atoms with Crippen molar-refractivity contribution in [2.45, 2.75) is 12.7 Å². The number of hydrogen-bond donors (Lipinski definition) is 2. The molecule has 1 aliphatic heterocycles. The van der Waals surface area contributed by atoms with E-state index in [9.17, 15) is 9.90 Å². The van der Waals surface area contributed by atoms with Gasteiger partial charge in [-0.2, -0.15) is 0 Å². The van der Waals surface area contributed by atoms with Crippen molar-refractivity contribution < 1.29 is 14.6 Å². The van der Waals surface area contributed by atoms with E-state index in [4.69, 9.17) is 16.3 Å². The van der Waals surface area contributed by atoms with Crippen LogP contribution in [0.4, 0.5) is 0 Å². The van der Waals surface area contributed by atoms with Crippen LogP contribution in [-0.2, 0) is 16.1 Å². The standard InChI is InChI=1S/C14H19ClN2O3/c15-13-4-2-1-3-11(13)9-20-10-12(18)7-17-6-5-16-14(19)8-17/h1-4,12,18H,5-10H2,(H,16,19). The summed E-state index contributed by atoms with van der Waals surface area (Å²) >= 11 is 6.02. The molecule has 110 valence electrons. The normalized spacial score (nSPS) is 17.8. The predicted molar refractivity (Wildman–Crippen MR) is 76.6 cm³/mol. The Hall–Kier alpha value is -1.14. The van der Waals surface area contributed by atoms with Gasteiger partial charge < -0.3 is 15.2 Å². The molecule has 20 heavy (non-hydrogen) atoms. The van der Waals surface area contributed by atoms with E-state index in [1.165, 1.54) is 0 Å². The van der Waals surface area contributed by atoms with Gasteiger partial charge in [-0.1, -0.05) is 29.8 Å². The number of ether oxygens (including phenoxy) is 1. The summed E-state index contributed by atoms with van der Waals surface area (Å²) in [6.07, 6.45) is -0.608. The summed E-state index contributed by atoms with van der Waals surface area (Å²) in [7, 11) is 0. The van der Waals surface area contributed by atoms with Crippen molar-refractivity contribution in [2.75, 3.05) is 32.8 Å². The van der Waals surface area contributed by atoms with Crippen LogP contribution in [0, 0.1) is 0 Å². The maximum absolute atomic E-state index is 11.2. The molecule has 0 bridgehead atoms. The molecule has 1 unspecified atom stereocenters. The van der Waals surface area contributed by atoms with E-state index >= 15 is 0 Å². The fraction of sp³-hybridized carbons (Fsp3) is 0.500. The lowest BCUT2D eigenvalue weighted by atomic mass is 10.2. The topological polar surface area (TPSA) is 61.8 Å². The van der Waals surface area contributed by atoms with E-state index in [1.807, 2.05) is 29.2 Å². The number of carbonyl (C=O) groups excluding carboxylic acids is 1. The summed E-state index contributed by atoms with van der Waals surface area (Å²) < 4.78 is 5.47. The molecule has 1 fully saturated rings. The number of amides is 1. The van der Waals surface area contributed by atoms with Crippen LogP contribution in [0.5, 0.6) is 0 Å². The summed E-state index contributed by atoms with van der Waals surface area (Å²) in [5.74, 6) is 0.000403. The first-order valence-corrected chi connectivity index (χ1v) is 7.01.